The molecule has 0 unspecified atom stereocenters. The average Bonchev–Trinajstić information content (AvgIpc) is 3.18. The highest BCUT2D eigenvalue weighted by Gasteiger charge is 2.34. The minimum absolute atomic E-state index is 0.215. The first-order valence-corrected chi connectivity index (χ1v) is 12.6. The Morgan fingerprint density at radius 1 is 1.11 bits per heavy atom. The Kier molecular flexibility index (Phi) is 6.51. The Labute approximate surface area is 216 Å². The summed E-state index contributed by atoms with van der Waals surface area (Å²) in [5.41, 5.74) is 2.28. The van der Waals surface area contributed by atoms with Crippen molar-refractivity contribution in [2.24, 2.45) is 4.99 Å². The van der Waals surface area contributed by atoms with Crippen LogP contribution < -0.4 is 19.6 Å². The number of hydrogen-bond donors (Lipinski definition) is 0. The summed E-state index contributed by atoms with van der Waals surface area (Å²) in [6, 6.07) is 18.1. The molecule has 0 amide bonds. The molecule has 0 bridgehead atoms. The summed E-state index contributed by atoms with van der Waals surface area (Å²) in [7, 11) is 1.62. The number of nitrogens with zero attached hydrogens (tertiary/aromatic N) is 2. The summed E-state index contributed by atoms with van der Waals surface area (Å²) in [6.45, 7) is 3.75. The Morgan fingerprint density at radius 2 is 1.83 bits per heavy atom. The fraction of sp³-hybridized carbons (Fsp3) is 0.179. The number of methoxy groups -OCH3 is 1. The SMILES string of the molecule is CCOC(=O)C1=C(C)N=c2sc(=Cc3ccc(Cl)cc3)c(=O)n2[C@H]1c1ccc(OC)c2ccccc12. The van der Waals surface area contributed by atoms with E-state index in [1.165, 1.54) is 11.3 Å². The van der Waals surface area contributed by atoms with Crippen LogP contribution in [-0.4, -0.2) is 24.3 Å². The zero-order valence-electron chi connectivity index (χ0n) is 19.9. The van der Waals surface area contributed by atoms with Crippen molar-refractivity contribution in [1.82, 2.24) is 4.57 Å². The quantitative estimate of drug-likeness (QED) is 0.362. The van der Waals surface area contributed by atoms with Crippen molar-refractivity contribution in [3.8, 4) is 5.75 Å². The molecule has 0 fully saturated rings. The normalized spacial score (nSPS) is 15.6. The summed E-state index contributed by atoms with van der Waals surface area (Å²) < 4.78 is 13.1. The van der Waals surface area contributed by atoms with Crippen LogP contribution in [0.2, 0.25) is 5.02 Å². The zero-order valence-corrected chi connectivity index (χ0v) is 21.5. The number of aromatic nitrogens is 1. The van der Waals surface area contributed by atoms with E-state index >= 15 is 0 Å². The lowest BCUT2D eigenvalue weighted by Crippen LogP contribution is -2.40. The molecular weight excluding hydrogens is 496 g/mol. The highest BCUT2D eigenvalue weighted by atomic mass is 35.5. The lowest BCUT2D eigenvalue weighted by atomic mass is 9.91. The third kappa shape index (κ3) is 4.14. The Hall–Kier alpha value is -3.68. The number of ether oxygens (including phenoxy) is 2. The predicted octanol–water partition coefficient (Wildman–Crippen LogP) is 4.61. The van der Waals surface area contributed by atoms with Gasteiger partial charge in [0.2, 0.25) is 0 Å². The van der Waals surface area contributed by atoms with E-state index < -0.39 is 12.0 Å². The van der Waals surface area contributed by atoms with Gasteiger partial charge in [0, 0.05) is 10.4 Å². The van der Waals surface area contributed by atoms with Gasteiger partial charge < -0.3 is 9.47 Å². The summed E-state index contributed by atoms with van der Waals surface area (Å²) >= 11 is 7.31. The van der Waals surface area contributed by atoms with Gasteiger partial charge in [0.05, 0.1) is 35.6 Å². The average molecular weight is 519 g/mol. The van der Waals surface area contributed by atoms with Crippen molar-refractivity contribution in [2.75, 3.05) is 13.7 Å². The molecule has 5 rings (SSSR count). The van der Waals surface area contributed by atoms with Crippen molar-refractivity contribution < 1.29 is 14.3 Å². The largest absolute Gasteiger partial charge is 0.496 e. The third-order valence-electron chi connectivity index (χ3n) is 6.12. The van der Waals surface area contributed by atoms with Crippen molar-refractivity contribution in [3.05, 3.63) is 108 Å². The molecule has 8 heteroatoms. The van der Waals surface area contributed by atoms with Crippen LogP contribution in [0.3, 0.4) is 0 Å². The molecule has 4 aromatic rings. The van der Waals surface area contributed by atoms with Gasteiger partial charge >= 0.3 is 5.97 Å². The fourth-order valence-corrected chi connectivity index (χ4v) is 5.68. The summed E-state index contributed by atoms with van der Waals surface area (Å²) in [5, 5.41) is 2.39. The maximum absolute atomic E-state index is 13.8. The van der Waals surface area contributed by atoms with E-state index in [9.17, 15) is 9.59 Å². The van der Waals surface area contributed by atoms with Gasteiger partial charge in [0.1, 0.15) is 5.75 Å². The molecule has 6 nitrogen and oxygen atoms in total. The summed E-state index contributed by atoms with van der Waals surface area (Å²) in [4.78, 5) is 32.2. The molecule has 0 saturated heterocycles. The molecular formula is C28H23ClN2O4S. The van der Waals surface area contributed by atoms with E-state index in [2.05, 4.69) is 4.99 Å². The van der Waals surface area contributed by atoms with E-state index in [-0.39, 0.29) is 12.2 Å². The maximum atomic E-state index is 13.8. The molecule has 0 N–H and O–H groups in total. The molecule has 0 aliphatic carbocycles. The number of halogens is 1. The number of benzene rings is 3. The number of fused-ring (bicyclic) bond motifs is 2. The van der Waals surface area contributed by atoms with Crippen LogP contribution in [0.5, 0.6) is 5.75 Å². The molecule has 182 valence electrons. The van der Waals surface area contributed by atoms with Gasteiger partial charge in [0.15, 0.2) is 4.80 Å². The lowest BCUT2D eigenvalue weighted by Gasteiger charge is -2.26. The van der Waals surface area contributed by atoms with E-state index in [4.69, 9.17) is 21.1 Å². The van der Waals surface area contributed by atoms with Gasteiger partial charge in [-0.2, -0.15) is 0 Å². The molecule has 1 atom stereocenters. The minimum Gasteiger partial charge on any atom is -0.496 e. The molecule has 0 spiro atoms. The Balaban J connectivity index is 1.81. The molecule has 0 radical (unpaired) electrons. The van der Waals surface area contributed by atoms with Crippen LogP contribution in [0, 0.1) is 0 Å². The van der Waals surface area contributed by atoms with Crippen LogP contribution in [0.1, 0.15) is 31.0 Å². The van der Waals surface area contributed by atoms with Gasteiger partial charge in [-0.1, -0.05) is 65.4 Å². The third-order valence-corrected chi connectivity index (χ3v) is 7.35. The topological polar surface area (TPSA) is 69.9 Å². The molecule has 1 aliphatic heterocycles. The van der Waals surface area contributed by atoms with Crippen LogP contribution in [0.4, 0.5) is 0 Å². The number of rotatable bonds is 5. The molecule has 3 aromatic carbocycles. The second-order valence-corrected chi connectivity index (χ2v) is 9.70. The van der Waals surface area contributed by atoms with Crippen molar-refractivity contribution in [3.63, 3.8) is 0 Å². The van der Waals surface area contributed by atoms with Crippen LogP contribution in [0.25, 0.3) is 16.8 Å². The van der Waals surface area contributed by atoms with Gasteiger partial charge in [-0.05, 0) is 54.6 Å². The van der Waals surface area contributed by atoms with Crippen LogP contribution in [-0.2, 0) is 9.53 Å². The lowest BCUT2D eigenvalue weighted by molar-refractivity contribution is -0.139. The number of carbonyl (C=O) groups excluding carboxylic acids is 1. The highest BCUT2D eigenvalue weighted by molar-refractivity contribution is 7.07. The number of carbonyl (C=O) groups is 1. The van der Waals surface area contributed by atoms with Crippen LogP contribution in [0.15, 0.2) is 81.7 Å². The molecule has 1 aromatic heterocycles. The standard InChI is InChI=1S/C28H23ClN2O4S/c1-4-35-27(33)24-16(2)30-28-31(26(32)23(36-28)15-17-9-11-18(29)12-10-17)25(24)21-13-14-22(34-3)20-8-6-5-7-19(20)21/h5-15,25H,4H2,1-3H3/t25-/m0/s1. The van der Waals surface area contributed by atoms with Gasteiger partial charge in [-0.3, -0.25) is 9.36 Å². The highest BCUT2D eigenvalue weighted by Crippen LogP contribution is 2.37. The Morgan fingerprint density at radius 3 is 2.53 bits per heavy atom. The molecule has 1 aliphatic rings. The summed E-state index contributed by atoms with van der Waals surface area (Å²) in [6.07, 6.45) is 1.81. The minimum atomic E-state index is -0.705. The molecule has 0 saturated carbocycles. The van der Waals surface area contributed by atoms with Gasteiger partial charge in [0.25, 0.3) is 5.56 Å². The number of thiazole rings is 1. The smallest absolute Gasteiger partial charge is 0.338 e. The van der Waals surface area contributed by atoms with E-state index in [0.717, 1.165) is 21.9 Å². The van der Waals surface area contributed by atoms with Gasteiger partial charge in [-0.15, -0.1) is 0 Å². The fourth-order valence-electron chi connectivity index (χ4n) is 4.51. The number of hydrogen-bond acceptors (Lipinski definition) is 6. The first-order chi connectivity index (χ1) is 17.4. The maximum Gasteiger partial charge on any atom is 0.338 e. The zero-order chi connectivity index (χ0) is 25.4. The van der Waals surface area contributed by atoms with E-state index in [1.807, 2.05) is 54.6 Å². The second kappa shape index (κ2) is 9.76. The van der Waals surface area contributed by atoms with Crippen LogP contribution >= 0.6 is 22.9 Å². The monoisotopic (exact) mass is 518 g/mol. The number of esters is 1. The van der Waals surface area contributed by atoms with Gasteiger partial charge in [-0.25, -0.2) is 9.79 Å². The van der Waals surface area contributed by atoms with Crippen molar-refractivity contribution in [2.45, 2.75) is 19.9 Å². The van der Waals surface area contributed by atoms with Crippen molar-refractivity contribution >= 4 is 45.8 Å². The Bertz CT molecular complexity index is 1700. The van der Waals surface area contributed by atoms with E-state index in [0.29, 0.717) is 31.4 Å². The first-order valence-electron chi connectivity index (χ1n) is 11.4. The van der Waals surface area contributed by atoms with Crippen molar-refractivity contribution in [1.29, 1.82) is 0 Å². The number of allylic oxidation sites excluding steroid dienone is 1. The molecule has 36 heavy (non-hydrogen) atoms. The summed E-state index contributed by atoms with van der Waals surface area (Å²) in [5.74, 6) is 0.221. The predicted molar refractivity (Wildman–Crippen MR) is 142 cm³/mol. The molecule has 2 heterocycles. The van der Waals surface area contributed by atoms with E-state index in [1.54, 1.807) is 37.7 Å². The second-order valence-electron chi connectivity index (χ2n) is 8.26. The first kappa shape index (κ1) is 24.0.